The first-order valence-corrected chi connectivity index (χ1v) is 9.41. The van der Waals surface area contributed by atoms with Crippen molar-refractivity contribution in [2.45, 2.75) is 26.8 Å². The highest BCUT2D eigenvalue weighted by Crippen LogP contribution is 2.21. The van der Waals surface area contributed by atoms with Gasteiger partial charge >= 0.3 is 11.1 Å². The largest absolute Gasteiger partial charge is 0.339 e. The molecule has 2 aromatic heterocycles. The van der Waals surface area contributed by atoms with E-state index in [0.29, 0.717) is 47.0 Å². The lowest BCUT2D eigenvalue weighted by molar-refractivity contribution is -0.114. The first kappa shape index (κ1) is 19.3. The van der Waals surface area contributed by atoms with Crippen molar-refractivity contribution in [2.24, 2.45) is 0 Å². The Balaban J connectivity index is 1.60. The summed E-state index contributed by atoms with van der Waals surface area (Å²) in [5.74, 6) is 0.693. The maximum absolute atomic E-state index is 12.0. The maximum Gasteiger partial charge on any atom is 0.316 e. The third-order valence-corrected chi connectivity index (χ3v) is 4.65. The highest BCUT2D eigenvalue weighted by atomic mass is 16.5. The Kier molecular flexibility index (Phi) is 5.01. The summed E-state index contributed by atoms with van der Waals surface area (Å²) in [6.07, 6.45) is 0.438. The van der Waals surface area contributed by atoms with Gasteiger partial charge in [0.1, 0.15) is 0 Å². The molecule has 0 spiro atoms. The van der Waals surface area contributed by atoms with Crippen LogP contribution in [0.2, 0.25) is 0 Å². The average molecular weight is 405 g/mol. The van der Waals surface area contributed by atoms with E-state index in [1.54, 1.807) is 30.3 Å². The minimum Gasteiger partial charge on any atom is -0.339 e. The normalized spacial score (nSPS) is 11.0. The first-order chi connectivity index (χ1) is 14.4. The predicted molar refractivity (Wildman–Crippen MR) is 111 cm³/mol. The number of carbonyl (C=O) groups excluding carboxylic acids is 1. The predicted octanol–water partition coefficient (Wildman–Crippen LogP) is 2.31. The van der Waals surface area contributed by atoms with Crippen molar-refractivity contribution in [3.05, 3.63) is 74.6 Å². The van der Waals surface area contributed by atoms with Crippen LogP contribution in [0.3, 0.4) is 0 Å². The number of rotatable bonds is 5. The first-order valence-electron chi connectivity index (χ1n) is 9.41. The number of hydrogen-bond donors (Lipinski definition) is 2. The molecule has 0 bridgehead atoms. The molecular weight excluding hydrogens is 386 g/mol. The molecule has 0 unspecified atom stereocenters. The van der Waals surface area contributed by atoms with E-state index in [1.165, 1.54) is 11.5 Å². The standard InChI is InChI=1S/C21H19N5O4/c1-3-26-17-9-6-14(11-16(17)23-20(28)21(26)29)19-24-18(30-25-19)10-13-4-7-15(8-5-13)22-12(2)27/h4-9,11H,3,10H2,1-2H3,(H,22,27)(H,23,28). The second-order valence-electron chi connectivity index (χ2n) is 6.80. The van der Waals surface area contributed by atoms with Gasteiger partial charge in [0.2, 0.25) is 17.6 Å². The van der Waals surface area contributed by atoms with Gasteiger partial charge in [-0.25, -0.2) is 0 Å². The second kappa shape index (κ2) is 7.78. The molecular formula is C21H19N5O4. The Labute approximate surface area is 170 Å². The van der Waals surface area contributed by atoms with Crippen molar-refractivity contribution in [2.75, 3.05) is 5.32 Å². The Morgan fingerprint density at radius 2 is 1.93 bits per heavy atom. The molecule has 0 radical (unpaired) electrons. The van der Waals surface area contributed by atoms with Gasteiger partial charge in [0.05, 0.1) is 17.5 Å². The zero-order chi connectivity index (χ0) is 21.3. The molecule has 0 saturated heterocycles. The SMILES string of the molecule is CCn1c(=O)c(=O)[nH]c2cc(-c3noc(Cc4ccc(NC(C)=O)cc4)n3)ccc21. The molecule has 1 amide bonds. The van der Waals surface area contributed by atoms with Crippen LogP contribution < -0.4 is 16.4 Å². The fraction of sp³-hybridized carbons (Fsp3) is 0.190. The smallest absolute Gasteiger partial charge is 0.316 e. The number of benzene rings is 2. The quantitative estimate of drug-likeness (QED) is 0.491. The number of anilines is 1. The Morgan fingerprint density at radius 3 is 2.63 bits per heavy atom. The van der Waals surface area contributed by atoms with Crippen molar-refractivity contribution >= 4 is 22.6 Å². The summed E-state index contributed by atoms with van der Waals surface area (Å²) in [5.41, 5.74) is 2.24. The molecule has 4 aromatic rings. The van der Waals surface area contributed by atoms with Gasteiger partial charge in [-0.15, -0.1) is 0 Å². The van der Waals surface area contributed by atoms with Crippen molar-refractivity contribution < 1.29 is 9.32 Å². The Morgan fingerprint density at radius 1 is 1.17 bits per heavy atom. The van der Waals surface area contributed by atoms with E-state index in [0.717, 1.165) is 5.56 Å². The summed E-state index contributed by atoms with van der Waals surface area (Å²) in [4.78, 5) is 42.0. The average Bonchev–Trinajstić information content (AvgIpc) is 3.18. The summed E-state index contributed by atoms with van der Waals surface area (Å²) >= 11 is 0. The van der Waals surface area contributed by atoms with Gasteiger partial charge in [-0.3, -0.25) is 14.4 Å². The van der Waals surface area contributed by atoms with E-state index in [4.69, 9.17) is 4.52 Å². The number of nitrogens with one attached hydrogen (secondary N) is 2. The van der Waals surface area contributed by atoms with Crippen molar-refractivity contribution in [3.63, 3.8) is 0 Å². The number of hydrogen-bond acceptors (Lipinski definition) is 6. The van der Waals surface area contributed by atoms with Gasteiger partial charge in [0.15, 0.2) is 0 Å². The lowest BCUT2D eigenvalue weighted by atomic mass is 10.1. The van der Waals surface area contributed by atoms with Crippen LogP contribution in [0.4, 0.5) is 5.69 Å². The van der Waals surface area contributed by atoms with Crippen LogP contribution in [-0.2, 0) is 17.8 Å². The van der Waals surface area contributed by atoms with E-state index in [-0.39, 0.29) is 5.91 Å². The fourth-order valence-electron chi connectivity index (χ4n) is 3.26. The number of aromatic amines is 1. The molecule has 30 heavy (non-hydrogen) atoms. The summed E-state index contributed by atoms with van der Waals surface area (Å²) in [6, 6.07) is 12.6. The number of aryl methyl sites for hydroxylation is 1. The third-order valence-electron chi connectivity index (χ3n) is 4.65. The van der Waals surface area contributed by atoms with Gasteiger partial charge in [-0.2, -0.15) is 4.98 Å². The van der Waals surface area contributed by atoms with Crippen LogP contribution >= 0.6 is 0 Å². The number of aromatic nitrogens is 4. The van der Waals surface area contributed by atoms with E-state index in [1.807, 2.05) is 19.1 Å². The molecule has 0 saturated carbocycles. The van der Waals surface area contributed by atoms with Gasteiger partial charge in [-0.05, 0) is 42.8 Å². The lowest BCUT2D eigenvalue weighted by Gasteiger charge is -2.07. The molecule has 152 valence electrons. The molecule has 2 heterocycles. The number of amides is 1. The number of H-pyrrole nitrogens is 1. The van der Waals surface area contributed by atoms with E-state index in [2.05, 4.69) is 20.4 Å². The topological polar surface area (TPSA) is 123 Å². The monoisotopic (exact) mass is 405 g/mol. The van der Waals surface area contributed by atoms with Gasteiger partial charge in [0, 0.05) is 24.7 Å². The molecule has 0 aliphatic rings. The second-order valence-corrected chi connectivity index (χ2v) is 6.80. The molecule has 0 aliphatic carbocycles. The highest BCUT2D eigenvalue weighted by molar-refractivity contribution is 5.88. The van der Waals surface area contributed by atoms with Crippen LogP contribution in [-0.4, -0.2) is 25.6 Å². The number of fused-ring (bicyclic) bond motifs is 1. The van der Waals surface area contributed by atoms with E-state index in [9.17, 15) is 14.4 Å². The minimum absolute atomic E-state index is 0.128. The number of carbonyl (C=O) groups is 1. The molecule has 0 aliphatic heterocycles. The van der Waals surface area contributed by atoms with Crippen LogP contribution in [0, 0.1) is 0 Å². The molecule has 0 atom stereocenters. The summed E-state index contributed by atoms with van der Waals surface area (Å²) in [7, 11) is 0. The zero-order valence-corrected chi connectivity index (χ0v) is 16.4. The Hall–Kier alpha value is -4.01. The minimum atomic E-state index is -0.669. The molecule has 0 fully saturated rings. The van der Waals surface area contributed by atoms with Gasteiger partial charge in [-0.1, -0.05) is 17.3 Å². The Bertz CT molecular complexity index is 1350. The van der Waals surface area contributed by atoms with Crippen LogP contribution in [0.1, 0.15) is 25.3 Å². The van der Waals surface area contributed by atoms with Crippen LogP contribution in [0.5, 0.6) is 0 Å². The van der Waals surface area contributed by atoms with Crippen molar-refractivity contribution in [3.8, 4) is 11.4 Å². The van der Waals surface area contributed by atoms with Gasteiger partial charge in [0.25, 0.3) is 0 Å². The molecule has 9 heteroatoms. The van der Waals surface area contributed by atoms with Gasteiger partial charge < -0.3 is 19.4 Å². The van der Waals surface area contributed by atoms with Crippen molar-refractivity contribution in [1.29, 1.82) is 0 Å². The van der Waals surface area contributed by atoms with E-state index < -0.39 is 11.1 Å². The highest BCUT2D eigenvalue weighted by Gasteiger charge is 2.12. The third kappa shape index (κ3) is 3.77. The molecule has 2 N–H and O–H groups in total. The zero-order valence-electron chi connectivity index (χ0n) is 16.4. The maximum atomic E-state index is 12.0. The number of nitrogens with zero attached hydrogens (tertiary/aromatic N) is 3. The fourth-order valence-corrected chi connectivity index (χ4v) is 3.26. The lowest BCUT2D eigenvalue weighted by Crippen LogP contribution is -2.35. The molecule has 2 aromatic carbocycles. The molecule has 9 nitrogen and oxygen atoms in total. The van der Waals surface area contributed by atoms with Crippen LogP contribution in [0.25, 0.3) is 22.4 Å². The van der Waals surface area contributed by atoms with Crippen LogP contribution in [0.15, 0.2) is 56.6 Å². The van der Waals surface area contributed by atoms with E-state index >= 15 is 0 Å². The molecule has 4 rings (SSSR count). The summed E-state index contributed by atoms with van der Waals surface area (Å²) < 4.78 is 6.78. The summed E-state index contributed by atoms with van der Waals surface area (Å²) in [6.45, 7) is 3.66. The summed E-state index contributed by atoms with van der Waals surface area (Å²) in [5, 5.41) is 6.74. The van der Waals surface area contributed by atoms with Crippen molar-refractivity contribution in [1.82, 2.24) is 19.7 Å².